The van der Waals surface area contributed by atoms with Gasteiger partial charge < -0.3 is 20.9 Å². The molecule has 3 rings (SSSR count). The maximum atomic E-state index is 12.2. The summed E-state index contributed by atoms with van der Waals surface area (Å²) in [5, 5.41) is 12.7. The number of hydrogen-bond acceptors (Lipinski definition) is 5. The molecule has 6 nitrogen and oxygen atoms in total. The minimum Gasteiger partial charge on any atom is -0.504 e. The van der Waals surface area contributed by atoms with E-state index in [9.17, 15) is 14.7 Å². The number of phenols is 1. The molecule has 0 fully saturated rings. The van der Waals surface area contributed by atoms with Gasteiger partial charge in [0.15, 0.2) is 18.1 Å². The van der Waals surface area contributed by atoms with E-state index in [1.54, 1.807) is 24.3 Å². The molecule has 1 heterocycles. The van der Waals surface area contributed by atoms with Crippen LogP contribution in [0.25, 0.3) is 0 Å². The van der Waals surface area contributed by atoms with E-state index in [-0.39, 0.29) is 23.7 Å². The lowest BCUT2D eigenvalue weighted by Crippen LogP contribution is -2.21. The number of primary amides is 1. The van der Waals surface area contributed by atoms with Gasteiger partial charge in [-0.3, -0.25) is 9.59 Å². The van der Waals surface area contributed by atoms with Gasteiger partial charge in [0, 0.05) is 11.3 Å². The Labute approximate surface area is 160 Å². The van der Waals surface area contributed by atoms with Crippen molar-refractivity contribution in [3.05, 3.63) is 76.7 Å². The summed E-state index contributed by atoms with van der Waals surface area (Å²) in [6.45, 7) is -0.304. The number of carbonyl (C=O) groups is 2. The molecule has 0 aliphatic rings. The average molecular weight is 382 g/mol. The average Bonchev–Trinajstić information content (AvgIpc) is 3.04. The minimum atomic E-state index is -0.609. The number of thiophene rings is 1. The summed E-state index contributed by atoms with van der Waals surface area (Å²) >= 11 is 1.30. The number of ether oxygens (including phenoxy) is 1. The van der Waals surface area contributed by atoms with E-state index in [0.29, 0.717) is 11.4 Å². The molecule has 0 atom stereocenters. The molecule has 0 radical (unpaired) electrons. The summed E-state index contributed by atoms with van der Waals surface area (Å²) < 4.78 is 5.30. The van der Waals surface area contributed by atoms with Gasteiger partial charge in [-0.1, -0.05) is 42.5 Å². The number of phenolic OH excluding ortho intramolecular Hbond substituents is 1. The number of nitrogens with one attached hydrogen (secondary N) is 1. The van der Waals surface area contributed by atoms with Crippen LogP contribution in [0.3, 0.4) is 0 Å². The van der Waals surface area contributed by atoms with Crippen molar-refractivity contribution in [3.8, 4) is 11.5 Å². The Hall–Kier alpha value is -3.32. The van der Waals surface area contributed by atoms with Gasteiger partial charge in [0.1, 0.15) is 5.00 Å². The number of benzene rings is 2. The summed E-state index contributed by atoms with van der Waals surface area (Å²) in [7, 11) is 0. The molecule has 0 aliphatic heterocycles. The lowest BCUT2D eigenvalue weighted by atomic mass is 10.1. The molecule has 2 amide bonds. The van der Waals surface area contributed by atoms with Crippen LogP contribution in [-0.2, 0) is 11.2 Å². The van der Waals surface area contributed by atoms with Crippen molar-refractivity contribution in [2.45, 2.75) is 6.42 Å². The Morgan fingerprint density at radius 1 is 1.07 bits per heavy atom. The predicted octanol–water partition coefficient (Wildman–Crippen LogP) is 3.16. The molecule has 0 bridgehead atoms. The number of nitrogens with two attached hydrogens (primary N) is 1. The van der Waals surface area contributed by atoms with Crippen molar-refractivity contribution < 1.29 is 19.4 Å². The Morgan fingerprint density at radius 2 is 1.78 bits per heavy atom. The third-order valence-electron chi connectivity index (χ3n) is 3.75. The second-order valence-corrected chi connectivity index (χ2v) is 6.92. The minimum absolute atomic E-state index is 0.0515. The van der Waals surface area contributed by atoms with Gasteiger partial charge in [-0.2, -0.15) is 0 Å². The van der Waals surface area contributed by atoms with Crippen LogP contribution < -0.4 is 15.8 Å². The summed E-state index contributed by atoms with van der Waals surface area (Å²) in [6.07, 6.45) is 0.635. The van der Waals surface area contributed by atoms with Gasteiger partial charge >= 0.3 is 0 Å². The fraction of sp³-hybridized carbons (Fsp3) is 0.100. The first kappa shape index (κ1) is 18.5. The Morgan fingerprint density at radius 3 is 2.48 bits per heavy atom. The Kier molecular flexibility index (Phi) is 5.73. The molecular formula is C20H18N2O4S. The number of anilines is 1. The number of hydrogen-bond donors (Lipinski definition) is 3. The van der Waals surface area contributed by atoms with Crippen molar-refractivity contribution in [3.63, 3.8) is 0 Å². The highest BCUT2D eigenvalue weighted by Gasteiger charge is 2.17. The lowest BCUT2D eigenvalue weighted by Gasteiger charge is -2.08. The molecule has 7 heteroatoms. The first-order chi connectivity index (χ1) is 13.0. The van der Waals surface area contributed by atoms with Crippen LogP contribution in [-0.4, -0.2) is 23.5 Å². The fourth-order valence-corrected chi connectivity index (χ4v) is 3.60. The van der Waals surface area contributed by atoms with Crippen LogP contribution in [0.4, 0.5) is 5.00 Å². The molecule has 0 spiro atoms. The zero-order valence-corrected chi connectivity index (χ0v) is 15.2. The Balaban J connectivity index is 1.68. The number of amides is 2. The quantitative estimate of drug-likeness (QED) is 0.584. The molecule has 138 valence electrons. The van der Waals surface area contributed by atoms with Gasteiger partial charge in [0.05, 0.1) is 5.56 Å². The molecule has 0 aliphatic carbocycles. The van der Waals surface area contributed by atoms with Gasteiger partial charge in [0.2, 0.25) is 0 Å². The first-order valence-electron chi connectivity index (χ1n) is 8.20. The summed E-state index contributed by atoms with van der Waals surface area (Å²) in [6, 6.07) is 17.9. The zero-order valence-electron chi connectivity index (χ0n) is 14.3. The normalized spacial score (nSPS) is 10.4. The number of carbonyl (C=O) groups excluding carboxylic acids is 2. The largest absolute Gasteiger partial charge is 0.504 e. The third-order valence-corrected chi connectivity index (χ3v) is 4.80. The summed E-state index contributed by atoms with van der Waals surface area (Å²) in [5.74, 6) is -0.903. The zero-order chi connectivity index (χ0) is 19.2. The van der Waals surface area contributed by atoms with Crippen molar-refractivity contribution in [1.29, 1.82) is 0 Å². The third kappa shape index (κ3) is 4.86. The van der Waals surface area contributed by atoms with E-state index in [4.69, 9.17) is 10.5 Å². The predicted molar refractivity (Wildman–Crippen MR) is 104 cm³/mol. The van der Waals surface area contributed by atoms with E-state index >= 15 is 0 Å². The second kappa shape index (κ2) is 8.37. The molecule has 0 saturated carbocycles. The number of aromatic hydroxyl groups is 1. The first-order valence-corrected chi connectivity index (χ1v) is 9.01. The highest BCUT2D eigenvalue weighted by molar-refractivity contribution is 7.16. The van der Waals surface area contributed by atoms with Gasteiger partial charge in [-0.25, -0.2) is 0 Å². The van der Waals surface area contributed by atoms with Gasteiger partial charge in [-0.15, -0.1) is 11.3 Å². The van der Waals surface area contributed by atoms with E-state index in [2.05, 4.69) is 5.32 Å². The van der Waals surface area contributed by atoms with E-state index < -0.39 is 11.8 Å². The van der Waals surface area contributed by atoms with Crippen LogP contribution in [0, 0.1) is 0 Å². The fourth-order valence-electron chi connectivity index (χ4n) is 2.49. The lowest BCUT2D eigenvalue weighted by molar-refractivity contribution is -0.118. The van der Waals surface area contributed by atoms with E-state index in [0.717, 1.165) is 10.4 Å². The summed E-state index contributed by atoms with van der Waals surface area (Å²) in [4.78, 5) is 24.8. The van der Waals surface area contributed by atoms with Crippen molar-refractivity contribution >= 4 is 28.2 Å². The number of para-hydroxylation sites is 2. The van der Waals surface area contributed by atoms with Crippen molar-refractivity contribution in [2.75, 3.05) is 11.9 Å². The smallest absolute Gasteiger partial charge is 0.262 e. The van der Waals surface area contributed by atoms with Crippen molar-refractivity contribution in [2.24, 2.45) is 5.73 Å². The topological polar surface area (TPSA) is 102 Å². The number of rotatable bonds is 7. The maximum Gasteiger partial charge on any atom is 0.262 e. The van der Waals surface area contributed by atoms with Crippen LogP contribution in [0.15, 0.2) is 60.7 Å². The highest BCUT2D eigenvalue weighted by atomic mass is 32.1. The molecule has 0 saturated heterocycles. The summed E-state index contributed by atoms with van der Waals surface area (Å²) in [5.41, 5.74) is 6.79. The molecule has 0 unspecified atom stereocenters. The monoisotopic (exact) mass is 382 g/mol. The molecule has 4 N–H and O–H groups in total. The molecule has 27 heavy (non-hydrogen) atoms. The van der Waals surface area contributed by atoms with Crippen LogP contribution in [0.5, 0.6) is 11.5 Å². The molecule has 3 aromatic rings. The molecular weight excluding hydrogens is 364 g/mol. The van der Waals surface area contributed by atoms with E-state index in [1.165, 1.54) is 17.4 Å². The molecule has 1 aromatic heterocycles. The van der Waals surface area contributed by atoms with Crippen LogP contribution >= 0.6 is 11.3 Å². The second-order valence-electron chi connectivity index (χ2n) is 5.79. The van der Waals surface area contributed by atoms with Gasteiger partial charge in [-0.05, 0) is 23.8 Å². The van der Waals surface area contributed by atoms with E-state index in [1.807, 2.05) is 30.3 Å². The SMILES string of the molecule is NC(=O)c1cc(Cc2ccccc2)sc1NC(=O)COc1ccccc1O. The van der Waals surface area contributed by atoms with Crippen LogP contribution in [0.1, 0.15) is 20.8 Å². The van der Waals surface area contributed by atoms with Crippen molar-refractivity contribution in [1.82, 2.24) is 0 Å². The van der Waals surface area contributed by atoms with Crippen LogP contribution in [0.2, 0.25) is 0 Å². The maximum absolute atomic E-state index is 12.2. The molecule has 2 aromatic carbocycles. The Bertz CT molecular complexity index is 954. The highest BCUT2D eigenvalue weighted by Crippen LogP contribution is 2.30. The van der Waals surface area contributed by atoms with Gasteiger partial charge in [0.25, 0.3) is 11.8 Å². The standard InChI is InChI=1S/C20H18N2O4S/c21-19(25)15-11-14(10-13-6-2-1-3-7-13)27-20(15)22-18(24)12-26-17-9-5-4-8-16(17)23/h1-9,11,23H,10,12H2,(H2,21,25)(H,22,24).